The summed E-state index contributed by atoms with van der Waals surface area (Å²) in [6, 6.07) is 7.00. The standard InChI is InChI=1S/C17H20N2O4S2/c1-13-10-12-24-17(13)16-5-3-2-4-11-18(16)25(22,23)15-8-6-14(7-9-15)19(20)21/h6-10,12,16H,2-5,11H2,1H3/t16-/m0/s1. The van der Waals surface area contributed by atoms with Gasteiger partial charge in [0, 0.05) is 23.6 Å². The molecule has 2 aromatic rings. The van der Waals surface area contributed by atoms with E-state index in [1.807, 2.05) is 18.4 Å². The molecule has 1 aliphatic rings. The van der Waals surface area contributed by atoms with Crippen LogP contribution in [0.25, 0.3) is 0 Å². The number of nitro groups is 1. The number of benzene rings is 1. The molecule has 1 saturated heterocycles. The first-order chi connectivity index (χ1) is 11.9. The zero-order valence-corrected chi connectivity index (χ0v) is 15.6. The van der Waals surface area contributed by atoms with Gasteiger partial charge in [-0.25, -0.2) is 8.42 Å². The largest absolute Gasteiger partial charge is 0.269 e. The fourth-order valence-electron chi connectivity index (χ4n) is 3.23. The fourth-order valence-corrected chi connectivity index (χ4v) is 6.04. The number of rotatable bonds is 4. The Morgan fingerprint density at radius 3 is 2.48 bits per heavy atom. The van der Waals surface area contributed by atoms with Gasteiger partial charge in [0.05, 0.1) is 15.9 Å². The van der Waals surface area contributed by atoms with Gasteiger partial charge in [0.25, 0.3) is 5.69 Å². The highest BCUT2D eigenvalue weighted by molar-refractivity contribution is 7.89. The molecule has 8 heteroatoms. The lowest BCUT2D eigenvalue weighted by atomic mass is 10.1. The van der Waals surface area contributed by atoms with E-state index in [4.69, 9.17) is 0 Å². The predicted octanol–water partition coefficient (Wildman–Crippen LogP) is 4.27. The quantitative estimate of drug-likeness (QED) is 0.586. The molecule has 0 N–H and O–H groups in total. The van der Waals surface area contributed by atoms with E-state index in [-0.39, 0.29) is 16.6 Å². The normalized spacial score (nSPS) is 19.5. The van der Waals surface area contributed by atoms with Crippen molar-refractivity contribution in [2.75, 3.05) is 6.54 Å². The molecule has 134 valence electrons. The number of aryl methyl sites for hydroxylation is 1. The Hall–Kier alpha value is -1.77. The van der Waals surface area contributed by atoms with Crippen LogP contribution in [-0.2, 0) is 10.0 Å². The zero-order valence-electron chi connectivity index (χ0n) is 13.9. The third-order valence-corrected chi connectivity index (χ3v) is 7.60. The topological polar surface area (TPSA) is 80.5 Å². The Bertz CT molecular complexity index is 859. The summed E-state index contributed by atoms with van der Waals surface area (Å²) < 4.78 is 28.0. The number of nitrogens with zero attached hydrogens (tertiary/aromatic N) is 2. The van der Waals surface area contributed by atoms with Crippen LogP contribution in [0.3, 0.4) is 0 Å². The first-order valence-electron chi connectivity index (χ1n) is 8.21. The van der Waals surface area contributed by atoms with Gasteiger partial charge in [-0.2, -0.15) is 4.31 Å². The number of thiophene rings is 1. The second-order valence-corrected chi connectivity index (χ2v) is 9.04. The van der Waals surface area contributed by atoms with E-state index in [9.17, 15) is 18.5 Å². The maximum atomic E-state index is 13.2. The molecule has 0 amide bonds. The highest BCUT2D eigenvalue weighted by Crippen LogP contribution is 2.38. The van der Waals surface area contributed by atoms with E-state index >= 15 is 0 Å². The molecule has 6 nitrogen and oxygen atoms in total. The van der Waals surface area contributed by atoms with Crippen molar-refractivity contribution in [2.24, 2.45) is 0 Å². The van der Waals surface area contributed by atoms with Crippen molar-refractivity contribution in [3.63, 3.8) is 0 Å². The van der Waals surface area contributed by atoms with E-state index < -0.39 is 14.9 Å². The zero-order chi connectivity index (χ0) is 18.0. The lowest BCUT2D eigenvalue weighted by molar-refractivity contribution is -0.384. The highest BCUT2D eigenvalue weighted by atomic mass is 32.2. The first-order valence-corrected chi connectivity index (χ1v) is 10.5. The smallest absolute Gasteiger partial charge is 0.258 e. The van der Waals surface area contributed by atoms with Crippen molar-refractivity contribution in [1.29, 1.82) is 0 Å². The van der Waals surface area contributed by atoms with Crippen LogP contribution < -0.4 is 0 Å². The Kier molecular flexibility index (Phi) is 5.21. The van der Waals surface area contributed by atoms with Gasteiger partial charge in [-0.15, -0.1) is 11.3 Å². The minimum atomic E-state index is -3.70. The molecule has 25 heavy (non-hydrogen) atoms. The van der Waals surface area contributed by atoms with Crippen molar-refractivity contribution < 1.29 is 13.3 Å². The first kappa shape index (κ1) is 18.0. The fraction of sp³-hybridized carbons (Fsp3) is 0.412. The van der Waals surface area contributed by atoms with Gasteiger partial charge in [0.15, 0.2) is 0 Å². The van der Waals surface area contributed by atoms with Crippen LogP contribution in [0.15, 0.2) is 40.6 Å². The van der Waals surface area contributed by atoms with Crippen molar-refractivity contribution >= 4 is 27.0 Å². The lowest BCUT2D eigenvalue weighted by Crippen LogP contribution is -2.34. The van der Waals surface area contributed by atoms with Crippen LogP contribution in [0.2, 0.25) is 0 Å². The van der Waals surface area contributed by atoms with Crippen molar-refractivity contribution in [3.05, 3.63) is 56.3 Å². The molecule has 1 aliphatic heterocycles. The summed E-state index contributed by atoms with van der Waals surface area (Å²) in [5.41, 5.74) is 1.00. The Morgan fingerprint density at radius 2 is 1.88 bits per heavy atom. The maximum absolute atomic E-state index is 13.2. The number of hydrogen-bond donors (Lipinski definition) is 0. The summed E-state index contributed by atoms with van der Waals surface area (Å²) in [6.07, 6.45) is 3.63. The van der Waals surface area contributed by atoms with Crippen LogP contribution in [-0.4, -0.2) is 24.2 Å². The van der Waals surface area contributed by atoms with E-state index in [1.54, 1.807) is 15.6 Å². The Labute approximate surface area is 151 Å². The Morgan fingerprint density at radius 1 is 1.16 bits per heavy atom. The van der Waals surface area contributed by atoms with E-state index in [0.717, 1.165) is 36.1 Å². The molecule has 0 aliphatic carbocycles. The summed E-state index contributed by atoms with van der Waals surface area (Å²) in [6.45, 7) is 2.48. The van der Waals surface area contributed by atoms with Gasteiger partial charge in [-0.1, -0.05) is 12.8 Å². The second-order valence-electron chi connectivity index (χ2n) is 6.20. The van der Waals surface area contributed by atoms with Crippen LogP contribution in [0.5, 0.6) is 0 Å². The summed E-state index contributed by atoms with van der Waals surface area (Å²) in [5.74, 6) is 0. The molecule has 0 radical (unpaired) electrons. The summed E-state index contributed by atoms with van der Waals surface area (Å²) >= 11 is 1.59. The Balaban J connectivity index is 2.00. The third kappa shape index (κ3) is 3.61. The van der Waals surface area contributed by atoms with Gasteiger partial charge in [-0.3, -0.25) is 10.1 Å². The van der Waals surface area contributed by atoms with Gasteiger partial charge < -0.3 is 0 Å². The second kappa shape index (κ2) is 7.23. The molecule has 3 rings (SSSR count). The molecular formula is C17H20N2O4S2. The van der Waals surface area contributed by atoms with Crippen molar-refractivity contribution in [1.82, 2.24) is 4.31 Å². The molecule has 1 aromatic heterocycles. The molecule has 0 spiro atoms. The van der Waals surface area contributed by atoms with Crippen molar-refractivity contribution in [3.8, 4) is 0 Å². The predicted molar refractivity (Wildman–Crippen MR) is 97.3 cm³/mol. The van der Waals surface area contributed by atoms with Crippen LogP contribution in [0.1, 0.15) is 42.2 Å². The molecule has 2 heterocycles. The van der Waals surface area contributed by atoms with E-state index in [0.29, 0.717) is 6.54 Å². The summed E-state index contributed by atoms with van der Waals surface area (Å²) in [4.78, 5) is 11.5. The number of sulfonamides is 1. The van der Waals surface area contributed by atoms with Crippen LogP contribution in [0.4, 0.5) is 5.69 Å². The molecule has 1 fully saturated rings. The SMILES string of the molecule is Cc1ccsc1[C@@H]1CCCCCN1S(=O)(=O)c1ccc([N+](=O)[O-])cc1. The molecule has 1 aromatic carbocycles. The van der Waals surface area contributed by atoms with Gasteiger partial charge in [0.2, 0.25) is 10.0 Å². The number of nitro benzene ring substituents is 1. The molecule has 0 bridgehead atoms. The average Bonchev–Trinajstić information content (AvgIpc) is 2.86. The summed E-state index contributed by atoms with van der Waals surface area (Å²) in [7, 11) is -3.70. The lowest BCUT2D eigenvalue weighted by Gasteiger charge is -2.29. The number of non-ortho nitro benzene ring substituents is 1. The number of hydrogen-bond acceptors (Lipinski definition) is 5. The van der Waals surface area contributed by atoms with E-state index in [2.05, 4.69) is 0 Å². The minimum Gasteiger partial charge on any atom is -0.258 e. The highest BCUT2D eigenvalue weighted by Gasteiger charge is 2.34. The van der Waals surface area contributed by atoms with Crippen molar-refractivity contribution in [2.45, 2.75) is 43.5 Å². The van der Waals surface area contributed by atoms with Crippen LogP contribution >= 0.6 is 11.3 Å². The monoisotopic (exact) mass is 380 g/mol. The van der Waals surface area contributed by atoms with Gasteiger partial charge in [0.1, 0.15) is 0 Å². The van der Waals surface area contributed by atoms with Gasteiger partial charge in [-0.05, 0) is 48.9 Å². The molecular weight excluding hydrogens is 360 g/mol. The minimum absolute atomic E-state index is 0.110. The maximum Gasteiger partial charge on any atom is 0.269 e. The van der Waals surface area contributed by atoms with Gasteiger partial charge >= 0.3 is 0 Å². The molecule has 0 unspecified atom stereocenters. The third-order valence-electron chi connectivity index (χ3n) is 4.56. The average molecular weight is 380 g/mol. The molecule has 0 saturated carbocycles. The van der Waals surface area contributed by atoms with Crippen LogP contribution in [0, 0.1) is 17.0 Å². The molecule has 1 atom stereocenters. The van der Waals surface area contributed by atoms with E-state index in [1.165, 1.54) is 24.3 Å². The summed E-state index contributed by atoms with van der Waals surface area (Å²) in [5, 5.41) is 12.8.